The molecule has 154 valence electrons. The minimum Gasteiger partial charge on any atom is -0.305 e. The molecule has 0 N–H and O–H groups in total. The van der Waals surface area contributed by atoms with Crippen molar-refractivity contribution in [3.63, 3.8) is 0 Å². The van der Waals surface area contributed by atoms with Crippen LogP contribution in [0.3, 0.4) is 0 Å². The first-order chi connectivity index (χ1) is 14.3. The van der Waals surface area contributed by atoms with E-state index in [2.05, 4.69) is 10.9 Å². The van der Waals surface area contributed by atoms with Gasteiger partial charge in [0.1, 0.15) is 0 Å². The minimum absolute atomic E-state index is 0.0782. The van der Waals surface area contributed by atoms with Gasteiger partial charge in [-0.3, -0.25) is 4.79 Å². The van der Waals surface area contributed by atoms with Crippen LogP contribution in [0.4, 0.5) is 0 Å². The molecule has 2 aromatic carbocycles. The van der Waals surface area contributed by atoms with Crippen LogP contribution in [0.2, 0.25) is 0 Å². The van der Waals surface area contributed by atoms with Crippen LogP contribution in [0.5, 0.6) is 0 Å². The molecule has 1 heterocycles. The number of hydrogen-bond donors (Lipinski definition) is 0. The van der Waals surface area contributed by atoms with E-state index in [-0.39, 0.29) is 10.9 Å². The summed E-state index contributed by atoms with van der Waals surface area (Å²) in [5.74, 6) is 2.16. The average molecular weight is 440 g/mol. The molecular weight excluding hydrogens is 418 g/mol. The molecule has 3 aromatic rings. The van der Waals surface area contributed by atoms with Gasteiger partial charge in [-0.15, -0.1) is 6.42 Å². The second kappa shape index (κ2) is 7.84. The number of nitrogens with zero attached hydrogens (tertiary/aromatic N) is 3. The fourth-order valence-corrected chi connectivity index (χ4v) is 5.77. The van der Waals surface area contributed by atoms with Crippen molar-refractivity contribution < 1.29 is 13.2 Å². The highest BCUT2D eigenvalue weighted by atomic mass is 32.2. The maximum absolute atomic E-state index is 12.7. The SMILES string of the molecule is C#CCn1c(=NC(=O)c2ccc(S(=O)(=O)N(C)C3CC3)cc2)sc2cc(C)ccc21. The van der Waals surface area contributed by atoms with Crippen molar-refractivity contribution >= 4 is 37.5 Å². The fourth-order valence-electron chi connectivity index (χ4n) is 3.23. The lowest BCUT2D eigenvalue weighted by Gasteiger charge is -2.16. The Hall–Kier alpha value is -2.73. The minimum atomic E-state index is -3.55. The Bertz CT molecular complexity index is 1340. The molecule has 8 heteroatoms. The van der Waals surface area contributed by atoms with Crippen LogP contribution in [0, 0.1) is 19.3 Å². The van der Waals surface area contributed by atoms with Gasteiger partial charge in [-0.1, -0.05) is 23.3 Å². The number of sulfonamides is 1. The first-order valence-electron chi connectivity index (χ1n) is 9.52. The van der Waals surface area contributed by atoms with Crippen molar-refractivity contribution in [2.45, 2.75) is 37.2 Å². The van der Waals surface area contributed by atoms with Gasteiger partial charge >= 0.3 is 0 Å². The van der Waals surface area contributed by atoms with E-state index in [4.69, 9.17) is 6.42 Å². The van der Waals surface area contributed by atoms with E-state index in [0.29, 0.717) is 16.9 Å². The van der Waals surface area contributed by atoms with E-state index < -0.39 is 15.9 Å². The Labute approximate surface area is 179 Å². The first kappa shape index (κ1) is 20.5. The summed E-state index contributed by atoms with van der Waals surface area (Å²) in [6, 6.07) is 12.0. The molecule has 30 heavy (non-hydrogen) atoms. The van der Waals surface area contributed by atoms with Gasteiger partial charge < -0.3 is 4.57 Å². The van der Waals surface area contributed by atoms with Crippen LogP contribution >= 0.6 is 11.3 Å². The lowest BCUT2D eigenvalue weighted by atomic mass is 10.2. The maximum atomic E-state index is 12.7. The third-order valence-electron chi connectivity index (χ3n) is 5.12. The van der Waals surface area contributed by atoms with Crippen LogP contribution in [-0.4, -0.2) is 36.3 Å². The number of amides is 1. The Morgan fingerprint density at radius 3 is 2.60 bits per heavy atom. The molecule has 0 saturated heterocycles. The summed E-state index contributed by atoms with van der Waals surface area (Å²) in [6.07, 6.45) is 7.28. The predicted octanol–water partition coefficient (Wildman–Crippen LogP) is 3.17. The van der Waals surface area contributed by atoms with E-state index in [9.17, 15) is 13.2 Å². The normalized spacial score (nSPS) is 14.9. The van der Waals surface area contributed by atoms with Gasteiger partial charge in [0.15, 0.2) is 4.80 Å². The predicted molar refractivity (Wildman–Crippen MR) is 118 cm³/mol. The molecule has 1 saturated carbocycles. The maximum Gasteiger partial charge on any atom is 0.279 e. The number of carbonyl (C=O) groups excluding carboxylic acids is 1. The number of benzene rings is 2. The highest BCUT2D eigenvalue weighted by molar-refractivity contribution is 7.89. The summed E-state index contributed by atoms with van der Waals surface area (Å²) < 4.78 is 29.5. The second-order valence-electron chi connectivity index (χ2n) is 7.34. The molecule has 1 amide bonds. The summed E-state index contributed by atoms with van der Waals surface area (Å²) >= 11 is 1.40. The zero-order valence-corrected chi connectivity index (χ0v) is 18.3. The van der Waals surface area contributed by atoms with Crippen molar-refractivity contribution in [3.05, 3.63) is 58.4 Å². The van der Waals surface area contributed by atoms with Crippen LogP contribution in [0.15, 0.2) is 52.4 Å². The Balaban J connectivity index is 1.68. The molecule has 1 aromatic heterocycles. The lowest BCUT2D eigenvalue weighted by Crippen LogP contribution is -2.28. The molecule has 0 aliphatic heterocycles. The van der Waals surface area contributed by atoms with Crippen molar-refractivity contribution in [1.29, 1.82) is 0 Å². The molecule has 0 atom stereocenters. The zero-order chi connectivity index (χ0) is 21.5. The highest BCUT2D eigenvalue weighted by Gasteiger charge is 2.35. The third kappa shape index (κ3) is 3.84. The number of aryl methyl sites for hydroxylation is 1. The average Bonchev–Trinajstić information content (AvgIpc) is 3.52. The van der Waals surface area contributed by atoms with Crippen molar-refractivity contribution in [2.75, 3.05) is 7.05 Å². The molecule has 1 aliphatic rings. The molecule has 0 spiro atoms. The fraction of sp³-hybridized carbons (Fsp3) is 0.273. The Morgan fingerprint density at radius 1 is 1.27 bits per heavy atom. The van der Waals surface area contributed by atoms with Gasteiger partial charge in [-0.2, -0.15) is 9.30 Å². The van der Waals surface area contributed by atoms with E-state index in [1.165, 1.54) is 39.9 Å². The molecule has 4 rings (SSSR count). The van der Waals surface area contributed by atoms with Crippen molar-refractivity contribution in [2.24, 2.45) is 4.99 Å². The van der Waals surface area contributed by atoms with Gasteiger partial charge in [0.2, 0.25) is 10.0 Å². The lowest BCUT2D eigenvalue weighted by molar-refractivity contribution is 0.0998. The van der Waals surface area contributed by atoms with E-state index in [0.717, 1.165) is 28.6 Å². The smallest absolute Gasteiger partial charge is 0.279 e. The molecule has 1 aliphatic carbocycles. The molecule has 0 bridgehead atoms. The highest BCUT2D eigenvalue weighted by Crippen LogP contribution is 2.30. The molecule has 0 radical (unpaired) electrons. The zero-order valence-electron chi connectivity index (χ0n) is 16.7. The van der Waals surface area contributed by atoms with E-state index >= 15 is 0 Å². The number of thiazole rings is 1. The van der Waals surface area contributed by atoms with Gasteiger partial charge in [0.25, 0.3) is 5.91 Å². The van der Waals surface area contributed by atoms with Crippen LogP contribution < -0.4 is 4.80 Å². The van der Waals surface area contributed by atoms with Crippen molar-refractivity contribution in [3.8, 4) is 12.3 Å². The molecule has 1 fully saturated rings. The Kier molecular flexibility index (Phi) is 5.36. The number of fused-ring (bicyclic) bond motifs is 1. The van der Waals surface area contributed by atoms with Gasteiger partial charge in [-0.25, -0.2) is 8.42 Å². The largest absolute Gasteiger partial charge is 0.305 e. The number of aromatic nitrogens is 1. The first-order valence-corrected chi connectivity index (χ1v) is 11.8. The van der Waals surface area contributed by atoms with Gasteiger partial charge in [-0.05, 0) is 61.7 Å². The van der Waals surface area contributed by atoms with Gasteiger partial charge in [0, 0.05) is 18.7 Å². The summed E-state index contributed by atoms with van der Waals surface area (Å²) in [5, 5.41) is 0. The van der Waals surface area contributed by atoms with E-state index in [1.54, 1.807) is 7.05 Å². The molecule has 6 nitrogen and oxygen atoms in total. The quantitative estimate of drug-likeness (QED) is 0.574. The number of hydrogen-bond acceptors (Lipinski definition) is 4. The number of terminal acetylenes is 1. The summed E-state index contributed by atoms with van der Waals surface area (Å²) in [5.41, 5.74) is 2.37. The van der Waals surface area contributed by atoms with E-state index in [1.807, 2.05) is 29.7 Å². The van der Waals surface area contributed by atoms with Gasteiger partial charge in [0.05, 0.1) is 21.7 Å². The van der Waals surface area contributed by atoms with Crippen LogP contribution in [-0.2, 0) is 16.6 Å². The summed E-state index contributed by atoms with van der Waals surface area (Å²) in [6.45, 7) is 2.31. The van der Waals surface area contributed by atoms with Crippen LogP contribution in [0.25, 0.3) is 10.2 Å². The molecule has 0 unspecified atom stereocenters. The monoisotopic (exact) mass is 439 g/mol. The Morgan fingerprint density at radius 2 is 1.97 bits per heavy atom. The summed E-state index contributed by atoms with van der Waals surface area (Å²) in [4.78, 5) is 17.7. The third-order valence-corrected chi connectivity index (χ3v) is 8.09. The summed E-state index contributed by atoms with van der Waals surface area (Å²) in [7, 11) is -1.95. The van der Waals surface area contributed by atoms with Crippen LogP contribution in [0.1, 0.15) is 28.8 Å². The molecular formula is C22H21N3O3S2. The standard InChI is InChI=1S/C22H21N3O3S2/c1-4-13-25-19-12-5-15(2)14-20(19)29-22(25)23-21(26)16-6-10-18(11-7-16)30(27,28)24(3)17-8-9-17/h1,5-7,10-12,14,17H,8-9,13H2,2-3H3. The number of carbonyl (C=O) groups is 1. The number of rotatable bonds is 5. The van der Waals surface area contributed by atoms with Crippen molar-refractivity contribution in [1.82, 2.24) is 8.87 Å². The second-order valence-corrected chi connectivity index (χ2v) is 10.3. The topological polar surface area (TPSA) is 71.7 Å².